The van der Waals surface area contributed by atoms with Crippen molar-refractivity contribution in [3.63, 3.8) is 0 Å². The number of imidazole rings is 1. The summed E-state index contributed by atoms with van der Waals surface area (Å²) in [5, 5.41) is 3.18. The highest BCUT2D eigenvalue weighted by Gasteiger charge is 2.12. The molecule has 1 aliphatic rings. The molecule has 3 rings (SSSR count). The standard InChI is InChI=1S/C10H10N3/c1-2-5-9-8(4-1)12-10-11-6-3-7-13(9)10/h1-2,4-6H,3,7H2,(H,11,12). The molecule has 65 valence electrons. The number of aromatic nitrogens is 2. The summed E-state index contributed by atoms with van der Waals surface area (Å²) in [6.45, 7) is 3.09. The quantitative estimate of drug-likeness (QED) is 0.658. The maximum atomic E-state index is 4.47. The fourth-order valence-corrected chi connectivity index (χ4v) is 1.77. The second-order valence-electron chi connectivity index (χ2n) is 3.21. The van der Waals surface area contributed by atoms with Crippen LogP contribution in [0.15, 0.2) is 24.3 Å². The van der Waals surface area contributed by atoms with Crippen LogP contribution in [0.1, 0.15) is 6.42 Å². The lowest BCUT2D eigenvalue weighted by molar-refractivity contribution is 0.683. The van der Waals surface area contributed by atoms with Crippen LogP contribution in [-0.2, 0) is 6.54 Å². The minimum absolute atomic E-state index is 0.965. The molecule has 2 heterocycles. The second-order valence-corrected chi connectivity index (χ2v) is 3.21. The number of fused-ring (bicyclic) bond motifs is 3. The first kappa shape index (κ1) is 6.95. The van der Waals surface area contributed by atoms with Gasteiger partial charge in [-0.25, -0.2) is 4.98 Å². The van der Waals surface area contributed by atoms with Gasteiger partial charge in [0.2, 0.25) is 5.95 Å². The highest BCUT2D eigenvalue weighted by atomic mass is 15.2. The molecule has 1 aromatic heterocycles. The van der Waals surface area contributed by atoms with Crippen molar-refractivity contribution in [1.29, 1.82) is 0 Å². The zero-order valence-electron chi connectivity index (χ0n) is 7.20. The number of benzene rings is 1. The molecule has 0 unspecified atom stereocenters. The molecule has 0 amide bonds. The Morgan fingerprint density at radius 2 is 2.23 bits per heavy atom. The molecule has 0 bridgehead atoms. The summed E-state index contributed by atoms with van der Waals surface area (Å²) >= 11 is 0. The van der Waals surface area contributed by atoms with Gasteiger partial charge in [-0.3, -0.25) is 0 Å². The van der Waals surface area contributed by atoms with Gasteiger partial charge < -0.3 is 9.88 Å². The molecule has 0 atom stereocenters. The average Bonchev–Trinajstić information content (AvgIpc) is 2.56. The molecule has 3 nitrogen and oxygen atoms in total. The molecule has 2 aromatic rings. The zero-order chi connectivity index (χ0) is 8.67. The summed E-state index contributed by atoms with van der Waals surface area (Å²) in [7, 11) is 0. The van der Waals surface area contributed by atoms with E-state index in [1.807, 2.05) is 12.1 Å². The van der Waals surface area contributed by atoms with Gasteiger partial charge in [0, 0.05) is 6.54 Å². The molecule has 1 N–H and O–H groups in total. The Balaban J connectivity index is 2.34. The smallest absolute Gasteiger partial charge is 0.204 e. The lowest BCUT2D eigenvalue weighted by Gasteiger charge is -2.15. The first-order valence-corrected chi connectivity index (χ1v) is 4.48. The van der Waals surface area contributed by atoms with E-state index in [9.17, 15) is 0 Å². The van der Waals surface area contributed by atoms with Crippen molar-refractivity contribution in [2.24, 2.45) is 0 Å². The van der Waals surface area contributed by atoms with Crippen molar-refractivity contribution in [3.8, 4) is 0 Å². The van der Waals surface area contributed by atoms with Crippen LogP contribution in [0.3, 0.4) is 0 Å². The van der Waals surface area contributed by atoms with Crippen molar-refractivity contribution in [1.82, 2.24) is 9.55 Å². The van der Waals surface area contributed by atoms with Gasteiger partial charge in [0.15, 0.2) is 0 Å². The Labute approximate surface area is 76.4 Å². The minimum atomic E-state index is 0.965. The van der Waals surface area contributed by atoms with Gasteiger partial charge in [0.05, 0.1) is 17.6 Å². The first-order valence-electron chi connectivity index (χ1n) is 4.48. The lowest BCUT2D eigenvalue weighted by atomic mass is 10.3. The molecule has 0 saturated carbocycles. The second kappa shape index (κ2) is 2.49. The van der Waals surface area contributed by atoms with Gasteiger partial charge in [-0.15, -0.1) is 0 Å². The molecular weight excluding hydrogens is 162 g/mol. The van der Waals surface area contributed by atoms with E-state index in [0.717, 1.165) is 24.4 Å². The van der Waals surface area contributed by atoms with E-state index < -0.39 is 0 Å². The van der Waals surface area contributed by atoms with Crippen molar-refractivity contribution < 1.29 is 0 Å². The molecule has 13 heavy (non-hydrogen) atoms. The molecule has 0 fully saturated rings. The van der Waals surface area contributed by atoms with Gasteiger partial charge in [0.1, 0.15) is 0 Å². The normalized spacial score (nSPS) is 15.4. The van der Waals surface area contributed by atoms with Crippen LogP contribution in [0.2, 0.25) is 0 Å². The maximum absolute atomic E-state index is 4.47. The summed E-state index contributed by atoms with van der Waals surface area (Å²) in [6, 6.07) is 8.22. The van der Waals surface area contributed by atoms with E-state index in [4.69, 9.17) is 0 Å². The Kier molecular flexibility index (Phi) is 1.33. The van der Waals surface area contributed by atoms with E-state index >= 15 is 0 Å². The number of rotatable bonds is 0. The molecule has 0 spiro atoms. The molecule has 3 heteroatoms. The van der Waals surface area contributed by atoms with Crippen molar-refractivity contribution in [3.05, 3.63) is 30.8 Å². The zero-order valence-corrected chi connectivity index (χ0v) is 7.20. The van der Waals surface area contributed by atoms with Crippen LogP contribution in [-0.4, -0.2) is 9.55 Å². The summed E-state index contributed by atoms with van der Waals surface area (Å²) in [5.74, 6) is 0.965. The molecule has 1 aliphatic heterocycles. The van der Waals surface area contributed by atoms with E-state index in [0.29, 0.717) is 0 Å². The van der Waals surface area contributed by atoms with E-state index in [-0.39, 0.29) is 0 Å². The van der Waals surface area contributed by atoms with Crippen LogP contribution in [0.4, 0.5) is 5.95 Å². The van der Waals surface area contributed by atoms with Gasteiger partial charge in [0.25, 0.3) is 0 Å². The number of hydrogen-bond acceptors (Lipinski definition) is 2. The fraction of sp³-hybridized carbons (Fsp3) is 0.200. The highest BCUT2D eigenvalue weighted by Crippen LogP contribution is 2.22. The van der Waals surface area contributed by atoms with Gasteiger partial charge in [-0.2, -0.15) is 0 Å². The van der Waals surface area contributed by atoms with Gasteiger partial charge in [-0.1, -0.05) is 12.1 Å². The summed E-state index contributed by atoms with van der Waals surface area (Å²) in [6.07, 6.45) is 1.06. The van der Waals surface area contributed by atoms with Crippen LogP contribution in [0.25, 0.3) is 11.0 Å². The van der Waals surface area contributed by atoms with Crippen LogP contribution < -0.4 is 5.32 Å². The molecule has 1 aromatic carbocycles. The van der Waals surface area contributed by atoms with Crippen LogP contribution in [0, 0.1) is 6.54 Å². The topological polar surface area (TPSA) is 29.9 Å². The lowest BCUT2D eigenvalue weighted by Crippen LogP contribution is -2.12. The number of nitrogens with one attached hydrogen (secondary N) is 1. The third-order valence-electron chi connectivity index (χ3n) is 2.38. The molecule has 0 aliphatic carbocycles. The van der Waals surface area contributed by atoms with Gasteiger partial charge >= 0.3 is 0 Å². The van der Waals surface area contributed by atoms with Gasteiger partial charge in [-0.05, 0) is 18.6 Å². The number of nitrogens with zero attached hydrogens (tertiary/aromatic N) is 2. The van der Waals surface area contributed by atoms with E-state index in [1.54, 1.807) is 0 Å². The number of anilines is 1. The Hall–Kier alpha value is -1.51. The summed E-state index contributed by atoms with van der Waals surface area (Å²) in [4.78, 5) is 4.47. The Morgan fingerprint density at radius 1 is 1.31 bits per heavy atom. The third-order valence-corrected chi connectivity index (χ3v) is 2.38. The predicted octanol–water partition coefficient (Wildman–Crippen LogP) is 2.01. The summed E-state index contributed by atoms with van der Waals surface area (Å²) < 4.78 is 2.22. The van der Waals surface area contributed by atoms with E-state index in [1.165, 1.54) is 5.52 Å². The Bertz CT molecular complexity index is 444. The summed E-state index contributed by atoms with van der Waals surface area (Å²) in [5.41, 5.74) is 2.29. The molecular formula is C10H10N3. The first-order chi connectivity index (χ1) is 6.45. The van der Waals surface area contributed by atoms with Crippen molar-refractivity contribution in [2.45, 2.75) is 13.0 Å². The predicted molar refractivity (Wildman–Crippen MR) is 52.3 cm³/mol. The molecule has 1 radical (unpaired) electrons. The number of hydrogen-bond donors (Lipinski definition) is 1. The van der Waals surface area contributed by atoms with E-state index in [2.05, 4.69) is 33.5 Å². The van der Waals surface area contributed by atoms with Crippen LogP contribution in [0.5, 0.6) is 0 Å². The monoisotopic (exact) mass is 172 g/mol. The molecule has 0 saturated heterocycles. The third kappa shape index (κ3) is 0.932. The minimum Gasteiger partial charge on any atom is -0.351 e. The Morgan fingerprint density at radius 3 is 3.23 bits per heavy atom. The average molecular weight is 172 g/mol. The maximum Gasteiger partial charge on any atom is 0.204 e. The number of para-hydroxylation sites is 2. The largest absolute Gasteiger partial charge is 0.351 e. The van der Waals surface area contributed by atoms with Crippen molar-refractivity contribution >= 4 is 17.0 Å². The SMILES string of the molecule is [CH]1CCn2c(nc3ccccc32)N1. The fourth-order valence-electron chi connectivity index (χ4n) is 1.77. The van der Waals surface area contributed by atoms with Crippen LogP contribution >= 0.6 is 0 Å². The highest BCUT2D eigenvalue weighted by molar-refractivity contribution is 5.78. The number of aryl methyl sites for hydroxylation is 1. The van der Waals surface area contributed by atoms with Crippen molar-refractivity contribution in [2.75, 3.05) is 5.32 Å².